The topological polar surface area (TPSA) is 66.4 Å². The normalized spacial score (nSPS) is 11.9. The lowest BCUT2D eigenvalue weighted by Crippen LogP contribution is -2.34. The summed E-state index contributed by atoms with van der Waals surface area (Å²) < 4.78 is 26.0. The molecule has 0 aliphatic rings. The second kappa shape index (κ2) is 5.38. The summed E-state index contributed by atoms with van der Waals surface area (Å²) >= 11 is 0. The zero-order chi connectivity index (χ0) is 13.0. The number of carbonyl (C=O) groups excluding carboxylic acids is 1. The van der Waals surface area contributed by atoms with Crippen molar-refractivity contribution < 1.29 is 23.5 Å². The number of benzene rings is 1. The smallest absolute Gasteiger partial charge is 0.305 e. The molecule has 0 bridgehead atoms. The molecule has 0 aromatic heterocycles. The van der Waals surface area contributed by atoms with E-state index in [2.05, 4.69) is 5.32 Å². The highest BCUT2D eigenvalue weighted by atomic mass is 19.1. The first-order valence-corrected chi connectivity index (χ1v) is 4.88. The zero-order valence-corrected chi connectivity index (χ0v) is 9.04. The van der Waals surface area contributed by atoms with E-state index in [4.69, 9.17) is 5.11 Å². The number of carboxylic acid groups (broad SMARTS) is 1. The zero-order valence-electron chi connectivity index (χ0n) is 9.04. The summed E-state index contributed by atoms with van der Waals surface area (Å²) in [6, 6.07) is 1.83. The highest BCUT2D eigenvalue weighted by Crippen LogP contribution is 2.09. The van der Waals surface area contributed by atoms with E-state index in [0.29, 0.717) is 0 Å². The molecule has 1 unspecified atom stereocenters. The van der Waals surface area contributed by atoms with Gasteiger partial charge in [0.05, 0.1) is 12.0 Å². The minimum absolute atomic E-state index is 0.289. The number of nitrogens with one attached hydrogen (secondary N) is 1. The largest absolute Gasteiger partial charge is 0.481 e. The molecule has 17 heavy (non-hydrogen) atoms. The maximum atomic E-state index is 13.2. The first-order valence-electron chi connectivity index (χ1n) is 4.88. The molecule has 0 aliphatic heterocycles. The standard InChI is InChI=1S/C11H11F2NO3/c1-6(4-10(15)16)14-11(17)8-5-7(12)2-3-9(8)13/h2-3,5-6H,4H2,1H3,(H,14,17)(H,15,16). The molecule has 1 rings (SSSR count). The Hall–Kier alpha value is -1.98. The third kappa shape index (κ3) is 3.82. The van der Waals surface area contributed by atoms with Gasteiger partial charge >= 0.3 is 5.97 Å². The maximum Gasteiger partial charge on any atom is 0.305 e. The van der Waals surface area contributed by atoms with Crippen molar-refractivity contribution in [3.63, 3.8) is 0 Å². The van der Waals surface area contributed by atoms with Crippen LogP contribution in [0.3, 0.4) is 0 Å². The summed E-state index contributed by atoms with van der Waals surface area (Å²) in [7, 11) is 0. The van der Waals surface area contributed by atoms with Crippen molar-refractivity contribution in [1.29, 1.82) is 0 Å². The molecule has 0 radical (unpaired) electrons. The lowest BCUT2D eigenvalue weighted by atomic mass is 10.1. The SMILES string of the molecule is CC(CC(=O)O)NC(=O)c1cc(F)ccc1F. The van der Waals surface area contributed by atoms with Gasteiger partial charge in [-0.3, -0.25) is 9.59 Å². The average molecular weight is 243 g/mol. The summed E-state index contributed by atoms with van der Waals surface area (Å²) in [5, 5.41) is 10.7. The number of amides is 1. The number of hydrogen-bond donors (Lipinski definition) is 2. The van der Waals surface area contributed by atoms with Gasteiger partial charge in [0.1, 0.15) is 11.6 Å². The van der Waals surface area contributed by atoms with Gasteiger partial charge in [-0.2, -0.15) is 0 Å². The molecule has 0 aliphatic carbocycles. The van der Waals surface area contributed by atoms with Crippen LogP contribution in [0.5, 0.6) is 0 Å². The molecule has 6 heteroatoms. The lowest BCUT2D eigenvalue weighted by Gasteiger charge is -2.11. The number of rotatable bonds is 4. The third-order valence-electron chi connectivity index (χ3n) is 2.03. The molecule has 0 spiro atoms. The van der Waals surface area contributed by atoms with Crippen molar-refractivity contribution >= 4 is 11.9 Å². The van der Waals surface area contributed by atoms with Crippen LogP contribution in [-0.4, -0.2) is 23.0 Å². The Bertz CT molecular complexity index is 448. The molecule has 1 aromatic rings. The fourth-order valence-electron chi connectivity index (χ4n) is 1.29. The summed E-state index contributed by atoms with van der Waals surface area (Å²) in [5.74, 6) is -3.51. The highest BCUT2D eigenvalue weighted by Gasteiger charge is 2.16. The van der Waals surface area contributed by atoms with Crippen molar-refractivity contribution in [3.05, 3.63) is 35.4 Å². The second-order valence-corrected chi connectivity index (χ2v) is 3.60. The lowest BCUT2D eigenvalue weighted by molar-refractivity contribution is -0.137. The number of carbonyl (C=O) groups is 2. The van der Waals surface area contributed by atoms with Crippen LogP contribution in [0.4, 0.5) is 8.78 Å². The molecule has 1 aromatic carbocycles. The van der Waals surface area contributed by atoms with Crippen LogP contribution in [0.15, 0.2) is 18.2 Å². The van der Waals surface area contributed by atoms with Gasteiger partial charge in [-0.1, -0.05) is 0 Å². The van der Waals surface area contributed by atoms with E-state index in [1.54, 1.807) is 0 Å². The van der Waals surface area contributed by atoms with Gasteiger partial charge in [-0.15, -0.1) is 0 Å². The minimum Gasteiger partial charge on any atom is -0.481 e. The van der Waals surface area contributed by atoms with Gasteiger partial charge in [-0.25, -0.2) is 8.78 Å². The van der Waals surface area contributed by atoms with Crippen molar-refractivity contribution in [2.24, 2.45) is 0 Å². The Labute approximate surface area is 96.3 Å². The Balaban J connectivity index is 2.76. The van der Waals surface area contributed by atoms with Crippen LogP contribution in [0.2, 0.25) is 0 Å². The number of aliphatic carboxylic acids is 1. The molecular weight excluding hydrogens is 232 g/mol. The first-order chi connectivity index (χ1) is 7.90. The number of carboxylic acids is 1. The Morgan fingerprint density at radius 1 is 1.41 bits per heavy atom. The molecule has 0 heterocycles. The summed E-state index contributed by atoms with van der Waals surface area (Å²) in [4.78, 5) is 21.9. The van der Waals surface area contributed by atoms with E-state index in [9.17, 15) is 18.4 Å². The molecule has 1 amide bonds. The van der Waals surface area contributed by atoms with E-state index in [0.717, 1.165) is 18.2 Å². The molecule has 92 valence electrons. The van der Waals surface area contributed by atoms with Crippen molar-refractivity contribution in [2.45, 2.75) is 19.4 Å². The van der Waals surface area contributed by atoms with Crippen LogP contribution in [0.25, 0.3) is 0 Å². The van der Waals surface area contributed by atoms with Crippen LogP contribution in [-0.2, 0) is 4.79 Å². The van der Waals surface area contributed by atoms with E-state index >= 15 is 0 Å². The molecule has 4 nitrogen and oxygen atoms in total. The van der Waals surface area contributed by atoms with Crippen LogP contribution >= 0.6 is 0 Å². The van der Waals surface area contributed by atoms with E-state index in [1.165, 1.54) is 6.92 Å². The Morgan fingerprint density at radius 3 is 2.65 bits per heavy atom. The van der Waals surface area contributed by atoms with Gasteiger partial charge in [0, 0.05) is 6.04 Å². The molecule has 2 N–H and O–H groups in total. The van der Waals surface area contributed by atoms with Gasteiger partial charge in [0.25, 0.3) is 5.91 Å². The summed E-state index contributed by atoms with van der Waals surface area (Å²) in [6.07, 6.45) is -0.289. The molecule has 0 saturated heterocycles. The Morgan fingerprint density at radius 2 is 2.06 bits per heavy atom. The third-order valence-corrected chi connectivity index (χ3v) is 2.03. The number of hydrogen-bond acceptors (Lipinski definition) is 2. The quantitative estimate of drug-likeness (QED) is 0.843. The van der Waals surface area contributed by atoms with Gasteiger partial charge in [-0.05, 0) is 25.1 Å². The highest BCUT2D eigenvalue weighted by molar-refractivity contribution is 5.94. The predicted octanol–water partition coefficient (Wildman–Crippen LogP) is 1.56. The van der Waals surface area contributed by atoms with Crippen LogP contribution in [0, 0.1) is 11.6 Å². The molecule has 0 saturated carbocycles. The van der Waals surface area contributed by atoms with E-state index in [1.807, 2.05) is 0 Å². The monoisotopic (exact) mass is 243 g/mol. The maximum absolute atomic E-state index is 13.2. The van der Waals surface area contributed by atoms with E-state index in [-0.39, 0.29) is 6.42 Å². The predicted molar refractivity (Wildman–Crippen MR) is 55.5 cm³/mol. The van der Waals surface area contributed by atoms with Crippen LogP contribution in [0.1, 0.15) is 23.7 Å². The van der Waals surface area contributed by atoms with Gasteiger partial charge < -0.3 is 10.4 Å². The fraction of sp³-hybridized carbons (Fsp3) is 0.273. The van der Waals surface area contributed by atoms with Crippen LogP contribution < -0.4 is 5.32 Å². The van der Waals surface area contributed by atoms with Gasteiger partial charge in [0.2, 0.25) is 0 Å². The van der Waals surface area contributed by atoms with Crippen molar-refractivity contribution in [3.8, 4) is 0 Å². The Kier molecular flexibility index (Phi) is 4.14. The first kappa shape index (κ1) is 13.1. The summed E-state index contributed by atoms with van der Waals surface area (Å²) in [5.41, 5.74) is -0.442. The molecule has 1 atom stereocenters. The molecular formula is C11H11F2NO3. The minimum atomic E-state index is -1.09. The van der Waals surface area contributed by atoms with E-state index < -0.39 is 35.1 Å². The second-order valence-electron chi connectivity index (χ2n) is 3.60. The fourth-order valence-corrected chi connectivity index (χ4v) is 1.29. The van der Waals surface area contributed by atoms with Crippen molar-refractivity contribution in [1.82, 2.24) is 5.32 Å². The van der Waals surface area contributed by atoms with Crippen molar-refractivity contribution in [2.75, 3.05) is 0 Å². The number of halogens is 2. The van der Waals surface area contributed by atoms with Gasteiger partial charge in [0.15, 0.2) is 0 Å². The average Bonchev–Trinajstić information content (AvgIpc) is 2.20. The molecule has 0 fully saturated rings. The summed E-state index contributed by atoms with van der Waals surface area (Å²) in [6.45, 7) is 1.46.